The van der Waals surface area contributed by atoms with Gasteiger partial charge in [0.25, 0.3) is 5.91 Å². The number of ether oxygens (including phenoxy) is 1. The van der Waals surface area contributed by atoms with Crippen molar-refractivity contribution < 1.29 is 19.1 Å². The molecule has 7 heteroatoms. The van der Waals surface area contributed by atoms with Crippen LogP contribution in [0.4, 0.5) is 5.69 Å². The smallest absolute Gasteiger partial charge is 0.338 e. The van der Waals surface area contributed by atoms with Crippen LogP contribution in [0.3, 0.4) is 0 Å². The van der Waals surface area contributed by atoms with Crippen LogP contribution in [0.5, 0.6) is 0 Å². The summed E-state index contributed by atoms with van der Waals surface area (Å²) >= 11 is 1.44. The van der Waals surface area contributed by atoms with Gasteiger partial charge in [-0.05, 0) is 37.6 Å². The van der Waals surface area contributed by atoms with Crippen LogP contribution < -0.4 is 5.32 Å². The van der Waals surface area contributed by atoms with Gasteiger partial charge in [0.05, 0.1) is 16.5 Å². The van der Waals surface area contributed by atoms with Crippen molar-refractivity contribution in [3.05, 3.63) is 59.7 Å². The third-order valence-electron chi connectivity index (χ3n) is 4.42. The minimum atomic E-state index is -0.593. The quantitative estimate of drug-likeness (QED) is 0.756. The minimum absolute atomic E-state index is 0.0994. The van der Waals surface area contributed by atoms with Crippen LogP contribution in [0, 0.1) is 0 Å². The first-order valence-electron chi connectivity index (χ1n) is 9.08. The fourth-order valence-corrected chi connectivity index (χ4v) is 3.75. The summed E-state index contributed by atoms with van der Waals surface area (Å²) in [6.45, 7) is 4.37. The molecule has 1 aliphatic heterocycles. The van der Waals surface area contributed by atoms with Gasteiger partial charge in [-0.25, -0.2) is 4.79 Å². The molecule has 2 amide bonds. The highest BCUT2D eigenvalue weighted by molar-refractivity contribution is 8.00. The molecule has 3 rings (SSSR count). The number of thioether (sulfide) groups is 1. The molecule has 1 heterocycles. The average Bonchev–Trinajstić information content (AvgIpc) is 2.71. The zero-order valence-corrected chi connectivity index (χ0v) is 16.6. The van der Waals surface area contributed by atoms with Crippen molar-refractivity contribution in [1.82, 2.24) is 4.90 Å². The van der Waals surface area contributed by atoms with Gasteiger partial charge in [-0.1, -0.05) is 30.3 Å². The average molecular weight is 398 g/mol. The number of carbonyl (C=O) groups excluding carboxylic acids is 3. The largest absolute Gasteiger partial charge is 0.452 e. The monoisotopic (exact) mass is 398 g/mol. The summed E-state index contributed by atoms with van der Waals surface area (Å²) < 4.78 is 5.20. The van der Waals surface area contributed by atoms with E-state index in [1.54, 1.807) is 23.1 Å². The Morgan fingerprint density at radius 1 is 1.18 bits per heavy atom. The van der Waals surface area contributed by atoms with Gasteiger partial charge in [-0.2, -0.15) is 0 Å². The van der Waals surface area contributed by atoms with E-state index < -0.39 is 5.97 Å². The molecule has 0 saturated carbocycles. The van der Waals surface area contributed by atoms with Crippen molar-refractivity contribution in [3.63, 3.8) is 0 Å². The fourth-order valence-electron chi connectivity index (χ4n) is 2.82. The van der Waals surface area contributed by atoms with Gasteiger partial charge in [0.15, 0.2) is 6.61 Å². The zero-order chi connectivity index (χ0) is 20.1. The maximum atomic E-state index is 12.4. The number of nitrogens with zero attached hydrogens (tertiary/aromatic N) is 1. The number of anilines is 1. The number of benzene rings is 2. The normalized spacial score (nSPS) is 15.4. The van der Waals surface area contributed by atoms with Crippen LogP contribution >= 0.6 is 11.8 Å². The lowest BCUT2D eigenvalue weighted by molar-refractivity contribution is -0.135. The number of carbonyl (C=O) groups is 3. The Balaban J connectivity index is 1.59. The number of hydrogen-bond acceptors (Lipinski definition) is 5. The van der Waals surface area contributed by atoms with E-state index in [4.69, 9.17) is 4.74 Å². The van der Waals surface area contributed by atoms with E-state index >= 15 is 0 Å². The SMILES string of the molecule is CCN(Cc1ccccc1)C(=O)COC(=O)c1ccc2c(c1)NC(=O)C(C)S2. The Morgan fingerprint density at radius 3 is 2.64 bits per heavy atom. The number of nitrogens with one attached hydrogen (secondary N) is 1. The summed E-state index contributed by atoms with van der Waals surface area (Å²) in [5.74, 6) is -0.946. The highest BCUT2D eigenvalue weighted by Gasteiger charge is 2.24. The lowest BCUT2D eigenvalue weighted by atomic mass is 10.2. The van der Waals surface area contributed by atoms with Gasteiger partial charge >= 0.3 is 5.97 Å². The molecule has 0 fully saturated rings. The summed E-state index contributed by atoms with van der Waals surface area (Å²) in [6.07, 6.45) is 0. The third kappa shape index (κ3) is 4.72. The molecule has 0 radical (unpaired) electrons. The molecule has 28 heavy (non-hydrogen) atoms. The summed E-state index contributed by atoms with van der Waals surface area (Å²) in [4.78, 5) is 39.1. The van der Waals surface area contributed by atoms with E-state index in [-0.39, 0.29) is 23.7 Å². The van der Waals surface area contributed by atoms with Crippen LogP contribution in [0.25, 0.3) is 0 Å². The molecular weight excluding hydrogens is 376 g/mol. The predicted octanol–water partition coefficient (Wildman–Crippen LogP) is 3.32. The number of hydrogen-bond donors (Lipinski definition) is 1. The van der Waals surface area contributed by atoms with Crippen LogP contribution in [0.2, 0.25) is 0 Å². The molecule has 146 valence electrons. The second-order valence-electron chi connectivity index (χ2n) is 6.43. The number of likely N-dealkylation sites (N-methyl/N-ethyl adjacent to an activating group) is 1. The fraction of sp³-hybridized carbons (Fsp3) is 0.286. The maximum absolute atomic E-state index is 12.4. The summed E-state index contributed by atoms with van der Waals surface area (Å²) in [5.41, 5.74) is 1.91. The first-order chi connectivity index (χ1) is 13.5. The molecule has 2 aromatic rings. The molecule has 6 nitrogen and oxygen atoms in total. The Kier molecular flexibility index (Phi) is 6.36. The summed E-state index contributed by atoms with van der Waals surface area (Å²) in [5, 5.41) is 2.61. The highest BCUT2D eigenvalue weighted by atomic mass is 32.2. The standard InChI is InChI=1S/C21H22N2O4S/c1-3-23(12-15-7-5-4-6-8-15)19(24)13-27-21(26)16-9-10-18-17(11-16)22-20(25)14(2)28-18/h4-11,14H,3,12-13H2,1-2H3,(H,22,25). The number of rotatable bonds is 6. The van der Waals surface area contributed by atoms with Crippen molar-refractivity contribution >= 4 is 35.2 Å². The Bertz CT molecular complexity index is 885. The molecule has 1 atom stereocenters. The molecule has 1 unspecified atom stereocenters. The molecule has 0 saturated heterocycles. The lowest BCUT2D eigenvalue weighted by Crippen LogP contribution is -2.34. The van der Waals surface area contributed by atoms with Crippen molar-refractivity contribution in [2.75, 3.05) is 18.5 Å². The molecular formula is C21H22N2O4S. The van der Waals surface area contributed by atoms with E-state index in [2.05, 4.69) is 5.32 Å². The zero-order valence-electron chi connectivity index (χ0n) is 15.8. The van der Waals surface area contributed by atoms with Crippen molar-refractivity contribution in [1.29, 1.82) is 0 Å². The van der Waals surface area contributed by atoms with Gasteiger partial charge in [0, 0.05) is 18.0 Å². The first-order valence-corrected chi connectivity index (χ1v) is 9.96. The Hall–Kier alpha value is -2.80. The minimum Gasteiger partial charge on any atom is -0.452 e. The molecule has 1 N–H and O–H groups in total. The van der Waals surface area contributed by atoms with Crippen LogP contribution in [-0.2, 0) is 20.9 Å². The molecule has 0 bridgehead atoms. The van der Waals surface area contributed by atoms with Crippen molar-refractivity contribution in [3.8, 4) is 0 Å². The van der Waals surface area contributed by atoms with E-state index in [1.165, 1.54) is 11.8 Å². The molecule has 0 aromatic heterocycles. The highest BCUT2D eigenvalue weighted by Crippen LogP contribution is 2.36. The maximum Gasteiger partial charge on any atom is 0.338 e. The van der Waals surface area contributed by atoms with Crippen molar-refractivity contribution in [2.45, 2.75) is 30.5 Å². The second-order valence-corrected chi connectivity index (χ2v) is 7.81. The summed E-state index contributed by atoms with van der Waals surface area (Å²) in [7, 11) is 0. The van der Waals surface area contributed by atoms with Crippen LogP contribution in [0.1, 0.15) is 29.8 Å². The second kappa shape index (κ2) is 8.93. The van der Waals surface area contributed by atoms with Crippen LogP contribution in [-0.4, -0.2) is 41.1 Å². The van der Waals surface area contributed by atoms with Gasteiger partial charge in [-0.3, -0.25) is 9.59 Å². The van der Waals surface area contributed by atoms with Gasteiger partial charge in [-0.15, -0.1) is 11.8 Å². The first kappa shape index (κ1) is 19.9. The number of fused-ring (bicyclic) bond motifs is 1. The van der Waals surface area contributed by atoms with Gasteiger partial charge < -0.3 is 15.0 Å². The van der Waals surface area contributed by atoms with Crippen LogP contribution in [0.15, 0.2) is 53.4 Å². The van der Waals surface area contributed by atoms with Crippen molar-refractivity contribution in [2.24, 2.45) is 0 Å². The molecule has 0 spiro atoms. The number of amides is 2. The summed E-state index contributed by atoms with van der Waals surface area (Å²) in [6, 6.07) is 14.7. The molecule has 0 aliphatic carbocycles. The number of esters is 1. The lowest BCUT2D eigenvalue weighted by Gasteiger charge is -2.22. The van der Waals surface area contributed by atoms with E-state index in [9.17, 15) is 14.4 Å². The molecule has 2 aromatic carbocycles. The topological polar surface area (TPSA) is 75.7 Å². The van der Waals surface area contributed by atoms with Gasteiger partial charge in [0.1, 0.15) is 0 Å². The molecule has 1 aliphatic rings. The van der Waals surface area contributed by atoms with E-state index in [0.717, 1.165) is 10.5 Å². The van der Waals surface area contributed by atoms with E-state index in [0.29, 0.717) is 24.3 Å². The predicted molar refractivity (Wildman–Crippen MR) is 108 cm³/mol. The van der Waals surface area contributed by atoms with Gasteiger partial charge in [0.2, 0.25) is 5.91 Å². The third-order valence-corrected chi connectivity index (χ3v) is 5.60. The Labute approximate surface area is 168 Å². The van der Waals surface area contributed by atoms with E-state index in [1.807, 2.05) is 44.2 Å². The Morgan fingerprint density at radius 2 is 1.93 bits per heavy atom.